The number of thiophene rings is 1. The summed E-state index contributed by atoms with van der Waals surface area (Å²) in [5.74, 6) is 0. The van der Waals surface area contributed by atoms with E-state index in [1.807, 2.05) is 11.3 Å². The van der Waals surface area contributed by atoms with Gasteiger partial charge < -0.3 is 9.13 Å². The van der Waals surface area contributed by atoms with Crippen LogP contribution in [0, 0.1) is 0 Å². The van der Waals surface area contributed by atoms with Gasteiger partial charge in [-0.25, -0.2) is 0 Å². The summed E-state index contributed by atoms with van der Waals surface area (Å²) in [5, 5.41) is 7.77. The molecule has 9 aromatic rings. The third-order valence-corrected chi connectivity index (χ3v) is 9.25. The van der Waals surface area contributed by atoms with Crippen LogP contribution in [0.5, 0.6) is 0 Å². The number of benzene rings is 6. The highest BCUT2D eigenvalue weighted by atomic mass is 32.1. The van der Waals surface area contributed by atoms with Gasteiger partial charge in [-0.2, -0.15) is 0 Å². The Morgan fingerprint density at radius 3 is 1.41 bits per heavy atom. The maximum Gasteiger partial charge on any atom is 0.0561 e. The molecule has 6 aromatic carbocycles. The molecule has 0 aliphatic rings. The molecule has 3 heteroatoms. The lowest BCUT2D eigenvalue weighted by Gasteiger charge is -2.11. The van der Waals surface area contributed by atoms with E-state index in [9.17, 15) is 0 Å². The van der Waals surface area contributed by atoms with E-state index >= 15 is 0 Å². The summed E-state index contributed by atoms with van der Waals surface area (Å²) in [5.41, 5.74) is 7.27. The van der Waals surface area contributed by atoms with E-state index < -0.39 is 0 Å². The molecule has 0 radical (unpaired) electrons. The molecule has 0 atom stereocenters. The zero-order valence-electron chi connectivity index (χ0n) is 21.0. The highest BCUT2D eigenvalue weighted by Crippen LogP contribution is 2.39. The lowest BCUT2D eigenvalue weighted by molar-refractivity contribution is 1.16. The van der Waals surface area contributed by atoms with Crippen LogP contribution in [0.25, 0.3) is 75.2 Å². The summed E-state index contributed by atoms with van der Waals surface area (Å²) < 4.78 is 7.49. The molecule has 39 heavy (non-hydrogen) atoms. The Morgan fingerprint density at radius 1 is 0.333 bits per heavy atom. The minimum absolute atomic E-state index is 1.17. The third kappa shape index (κ3) is 2.91. The van der Waals surface area contributed by atoms with Gasteiger partial charge in [-0.3, -0.25) is 0 Å². The van der Waals surface area contributed by atoms with Crippen molar-refractivity contribution in [3.63, 3.8) is 0 Å². The fourth-order valence-corrected chi connectivity index (χ4v) is 7.57. The van der Waals surface area contributed by atoms with E-state index in [4.69, 9.17) is 0 Å². The van der Waals surface area contributed by atoms with E-state index in [1.54, 1.807) is 0 Å². The molecule has 0 fully saturated rings. The highest BCUT2D eigenvalue weighted by Gasteiger charge is 2.17. The first kappa shape index (κ1) is 21.1. The number of rotatable bonds is 2. The lowest BCUT2D eigenvalue weighted by atomic mass is 10.1. The molecule has 0 aliphatic carbocycles. The molecule has 3 aromatic heterocycles. The van der Waals surface area contributed by atoms with E-state index in [0.717, 1.165) is 0 Å². The Morgan fingerprint density at radius 2 is 0.769 bits per heavy atom. The molecule has 2 nitrogen and oxygen atoms in total. The zero-order chi connectivity index (χ0) is 25.5. The summed E-state index contributed by atoms with van der Waals surface area (Å²) >= 11 is 1.87. The van der Waals surface area contributed by atoms with E-state index in [-0.39, 0.29) is 0 Å². The van der Waals surface area contributed by atoms with Gasteiger partial charge in [0, 0.05) is 53.1 Å². The summed E-state index contributed by atoms with van der Waals surface area (Å²) in [6.45, 7) is 0. The van der Waals surface area contributed by atoms with Crippen molar-refractivity contribution in [2.24, 2.45) is 0 Å². The zero-order valence-corrected chi connectivity index (χ0v) is 21.8. The molecule has 0 saturated carbocycles. The van der Waals surface area contributed by atoms with Crippen LogP contribution < -0.4 is 0 Å². The molecule has 0 unspecified atom stereocenters. The first-order valence-electron chi connectivity index (χ1n) is 13.3. The van der Waals surface area contributed by atoms with Crippen LogP contribution in [0.4, 0.5) is 0 Å². The highest BCUT2D eigenvalue weighted by molar-refractivity contribution is 7.25. The number of para-hydroxylation sites is 3. The molecule has 0 N–H and O–H groups in total. The van der Waals surface area contributed by atoms with Gasteiger partial charge in [0.1, 0.15) is 0 Å². The van der Waals surface area contributed by atoms with Crippen molar-refractivity contribution in [1.82, 2.24) is 9.13 Å². The first-order chi connectivity index (χ1) is 19.3. The Hall–Kier alpha value is -4.86. The predicted molar refractivity (Wildman–Crippen MR) is 168 cm³/mol. The maximum atomic E-state index is 2.44. The number of fused-ring (bicyclic) bond motifs is 9. The molecule has 9 rings (SSSR count). The van der Waals surface area contributed by atoms with Gasteiger partial charge in [-0.05, 0) is 48.5 Å². The Kier molecular flexibility index (Phi) is 4.24. The van der Waals surface area contributed by atoms with Crippen molar-refractivity contribution >= 4 is 75.1 Å². The van der Waals surface area contributed by atoms with Crippen LogP contribution >= 0.6 is 11.3 Å². The molecule has 182 valence electrons. The summed E-state index contributed by atoms with van der Waals surface area (Å²) in [6.07, 6.45) is 0. The van der Waals surface area contributed by atoms with Gasteiger partial charge in [0.05, 0.1) is 22.1 Å². The first-order valence-corrected chi connectivity index (χ1v) is 14.1. The molecule has 3 heterocycles. The van der Waals surface area contributed by atoms with Gasteiger partial charge in [0.15, 0.2) is 0 Å². The molecule has 0 aliphatic heterocycles. The number of nitrogens with zero attached hydrogens (tertiary/aromatic N) is 2. The lowest BCUT2D eigenvalue weighted by Crippen LogP contribution is -1.96. The summed E-state index contributed by atoms with van der Waals surface area (Å²) in [4.78, 5) is 0. The fourth-order valence-electron chi connectivity index (χ4n) is 6.43. The SMILES string of the molecule is c1ccc2c(c1)sc1cc(-n3c4ccccc4c4ccc(-n5c6ccccc6c6ccccc65)cc43)ccc12. The van der Waals surface area contributed by atoms with E-state index in [0.29, 0.717) is 0 Å². The standard InChI is InChI=1S/C36H22N2S/c1-5-13-31-25(9-1)26-10-2-6-14-32(26)37(31)23-17-19-28-27-11-3-7-15-33(27)38(34(28)21-23)24-18-20-30-29-12-4-8-16-35(29)39-36(30)22-24/h1-22H. The van der Waals surface area contributed by atoms with Crippen LogP contribution in [0.15, 0.2) is 133 Å². The molecule has 0 bridgehead atoms. The van der Waals surface area contributed by atoms with Gasteiger partial charge in [0.2, 0.25) is 0 Å². The average Bonchev–Trinajstić information content (AvgIpc) is 3.64. The quantitative estimate of drug-likeness (QED) is 0.217. The van der Waals surface area contributed by atoms with Gasteiger partial charge in [-0.1, -0.05) is 84.9 Å². The fraction of sp³-hybridized carbons (Fsp3) is 0. The summed E-state index contributed by atoms with van der Waals surface area (Å²) in [7, 11) is 0. The molecule has 0 spiro atoms. The van der Waals surface area contributed by atoms with Crippen molar-refractivity contribution in [2.75, 3.05) is 0 Å². The number of aromatic nitrogens is 2. The van der Waals surface area contributed by atoms with Gasteiger partial charge in [0.25, 0.3) is 0 Å². The van der Waals surface area contributed by atoms with Crippen LogP contribution in [0.1, 0.15) is 0 Å². The third-order valence-electron chi connectivity index (χ3n) is 8.12. The monoisotopic (exact) mass is 514 g/mol. The summed E-state index contributed by atoms with van der Waals surface area (Å²) in [6, 6.07) is 48.8. The number of hydrogen-bond acceptors (Lipinski definition) is 1. The normalized spacial score (nSPS) is 12.1. The van der Waals surface area contributed by atoms with Crippen molar-refractivity contribution in [3.8, 4) is 11.4 Å². The minimum atomic E-state index is 1.17. The van der Waals surface area contributed by atoms with Crippen molar-refractivity contribution < 1.29 is 0 Å². The average molecular weight is 515 g/mol. The maximum absolute atomic E-state index is 2.44. The Labute approximate surface area is 228 Å². The van der Waals surface area contributed by atoms with E-state index in [1.165, 1.54) is 75.2 Å². The topological polar surface area (TPSA) is 9.86 Å². The van der Waals surface area contributed by atoms with Crippen LogP contribution in [-0.4, -0.2) is 9.13 Å². The predicted octanol–water partition coefficient (Wildman–Crippen LogP) is 10.2. The molecular weight excluding hydrogens is 492 g/mol. The van der Waals surface area contributed by atoms with Gasteiger partial charge >= 0.3 is 0 Å². The molecular formula is C36H22N2S. The molecule has 0 amide bonds. The van der Waals surface area contributed by atoms with Crippen molar-refractivity contribution in [2.45, 2.75) is 0 Å². The smallest absolute Gasteiger partial charge is 0.0561 e. The van der Waals surface area contributed by atoms with Crippen LogP contribution in [0.3, 0.4) is 0 Å². The Bertz CT molecular complexity index is 2350. The van der Waals surface area contributed by atoms with Crippen LogP contribution in [-0.2, 0) is 0 Å². The molecule has 0 saturated heterocycles. The minimum Gasteiger partial charge on any atom is -0.309 e. The number of hydrogen-bond donors (Lipinski definition) is 0. The van der Waals surface area contributed by atoms with E-state index in [2.05, 4.69) is 143 Å². The second-order valence-corrected chi connectivity index (χ2v) is 11.3. The van der Waals surface area contributed by atoms with Crippen LogP contribution in [0.2, 0.25) is 0 Å². The van der Waals surface area contributed by atoms with Crippen molar-refractivity contribution in [3.05, 3.63) is 133 Å². The largest absolute Gasteiger partial charge is 0.309 e. The Balaban J connectivity index is 1.37. The van der Waals surface area contributed by atoms with Crippen molar-refractivity contribution in [1.29, 1.82) is 0 Å². The second kappa shape index (κ2) is 7.83. The second-order valence-electron chi connectivity index (χ2n) is 10.2. The van der Waals surface area contributed by atoms with Gasteiger partial charge in [-0.15, -0.1) is 11.3 Å².